The molecule has 12 heteroatoms. The molecular formula is C34H43N5O6S. The zero-order chi connectivity index (χ0) is 32.7. The maximum atomic E-state index is 13.3. The van der Waals surface area contributed by atoms with Crippen molar-refractivity contribution in [3.8, 4) is 11.1 Å². The third-order valence-electron chi connectivity index (χ3n) is 7.83. The lowest BCUT2D eigenvalue weighted by atomic mass is 9.98. The Morgan fingerprint density at radius 1 is 1.07 bits per heavy atom. The molecule has 1 unspecified atom stereocenters. The number of alkyl carbamates (subject to hydrolysis) is 1. The van der Waals surface area contributed by atoms with E-state index in [9.17, 15) is 14.4 Å². The van der Waals surface area contributed by atoms with Gasteiger partial charge < -0.3 is 24.8 Å². The Morgan fingerprint density at radius 3 is 2.43 bits per heavy atom. The van der Waals surface area contributed by atoms with Crippen molar-refractivity contribution in [2.75, 3.05) is 12.4 Å². The van der Waals surface area contributed by atoms with Crippen LogP contribution < -0.4 is 10.6 Å². The first-order valence-electron chi connectivity index (χ1n) is 15.9. The van der Waals surface area contributed by atoms with E-state index in [0.717, 1.165) is 47.3 Å². The Balaban J connectivity index is 1.18. The minimum absolute atomic E-state index is 0.0570. The summed E-state index contributed by atoms with van der Waals surface area (Å²) in [4.78, 5) is 39.0. The number of fused-ring (bicyclic) bond motifs is 3. The lowest BCUT2D eigenvalue weighted by Crippen LogP contribution is -2.48. The fourth-order valence-electron chi connectivity index (χ4n) is 5.87. The highest BCUT2D eigenvalue weighted by atomic mass is 32.2. The van der Waals surface area contributed by atoms with Crippen LogP contribution >= 0.6 is 11.8 Å². The highest BCUT2D eigenvalue weighted by molar-refractivity contribution is 7.99. The number of esters is 1. The highest BCUT2D eigenvalue weighted by Gasteiger charge is 2.31. The normalized spacial score (nSPS) is 18.3. The molecule has 1 aliphatic carbocycles. The van der Waals surface area contributed by atoms with Gasteiger partial charge in [-0.1, -0.05) is 60.7 Å². The summed E-state index contributed by atoms with van der Waals surface area (Å²) in [5, 5.41) is 13.7. The van der Waals surface area contributed by atoms with Crippen LogP contribution in [0.5, 0.6) is 0 Å². The predicted molar refractivity (Wildman–Crippen MR) is 175 cm³/mol. The number of hydrogen-bond donors (Lipinski definition) is 2. The number of nitrogens with one attached hydrogen (secondary N) is 2. The molecule has 5 rings (SSSR count). The first-order valence-corrected chi connectivity index (χ1v) is 16.9. The second-order valence-electron chi connectivity index (χ2n) is 12.5. The van der Waals surface area contributed by atoms with Crippen molar-refractivity contribution in [1.29, 1.82) is 0 Å². The predicted octanol–water partition coefficient (Wildman–Crippen LogP) is 5.18. The monoisotopic (exact) mass is 649 g/mol. The van der Waals surface area contributed by atoms with Crippen LogP contribution in [0.1, 0.15) is 76.1 Å². The number of aromatic nitrogens is 3. The van der Waals surface area contributed by atoms with Gasteiger partial charge in [-0.25, -0.2) is 9.48 Å². The molecule has 0 saturated carbocycles. The first kappa shape index (κ1) is 33.5. The molecule has 0 radical (unpaired) electrons. The number of hydrogen-bond acceptors (Lipinski definition) is 9. The van der Waals surface area contributed by atoms with Crippen LogP contribution in [0.4, 0.5) is 4.79 Å². The molecule has 2 aromatic carbocycles. The minimum Gasteiger partial charge on any atom is -0.460 e. The van der Waals surface area contributed by atoms with Gasteiger partial charge in [0.2, 0.25) is 5.91 Å². The summed E-state index contributed by atoms with van der Waals surface area (Å²) in [5.41, 5.74) is 4.36. The Labute approximate surface area is 274 Å². The van der Waals surface area contributed by atoms with E-state index in [4.69, 9.17) is 14.2 Å². The largest absolute Gasteiger partial charge is 0.460 e. The van der Waals surface area contributed by atoms with E-state index in [1.54, 1.807) is 31.6 Å². The van der Waals surface area contributed by atoms with Gasteiger partial charge in [0.25, 0.3) is 0 Å². The number of carbonyl (C=O) groups is 3. The molecule has 3 atom stereocenters. The number of benzene rings is 2. The Morgan fingerprint density at radius 2 is 1.76 bits per heavy atom. The summed E-state index contributed by atoms with van der Waals surface area (Å²) in [6.45, 7) is 8.06. The fourth-order valence-corrected chi connectivity index (χ4v) is 6.81. The molecule has 2 aliphatic rings. The van der Waals surface area contributed by atoms with Crippen LogP contribution in [-0.2, 0) is 36.9 Å². The maximum Gasteiger partial charge on any atom is 0.407 e. The molecule has 2 N–H and O–H groups in total. The van der Waals surface area contributed by atoms with Crippen LogP contribution in [0.25, 0.3) is 11.1 Å². The average molecular weight is 650 g/mol. The lowest BCUT2D eigenvalue weighted by Gasteiger charge is -2.29. The van der Waals surface area contributed by atoms with Gasteiger partial charge in [0, 0.05) is 5.92 Å². The van der Waals surface area contributed by atoms with Crippen molar-refractivity contribution in [2.45, 2.75) is 95.6 Å². The second kappa shape index (κ2) is 15.1. The molecule has 0 spiro atoms. The second-order valence-corrected chi connectivity index (χ2v) is 14.0. The third kappa shape index (κ3) is 8.88. The molecule has 246 valence electrons. The lowest BCUT2D eigenvalue weighted by molar-refractivity contribution is -0.156. The van der Waals surface area contributed by atoms with Gasteiger partial charge in [-0.3, -0.25) is 9.59 Å². The van der Waals surface area contributed by atoms with Crippen molar-refractivity contribution in [3.63, 3.8) is 0 Å². The topological polar surface area (TPSA) is 134 Å². The van der Waals surface area contributed by atoms with Gasteiger partial charge >= 0.3 is 12.1 Å². The molecule has 2 heterocycles. The van der Waals surface area contributed by atoms with E-state index in [0.29, 0.717) is 12.2 Å². The van der Waals surface area contributed by atoms with Gasteiger partial charge in [-0.05, 0) is 68.0 Å². The molecule has 2 amide bonds. The van der Waals surface area contributed by atoms with E-state index < -0.39 is 29.6 Å². The van der Waals surface area contributed by atoms with Crippen molar-refractivity contribution < 1.29 is 28.6 Å². The summed E-state index contributed by atoms with van der Waals surface area (Å²) in [5.74, 6) is -0.321. The van der Waals surface area contributed by atoms with E-state index in [1.165, 1.54) is 0 Å². The number of thioether (sulfide) groups is 1. The number of carbonyl (C=O) groups excluding carboxylic acids is 3. The molecule has 46 heavy (non-hydrogen) atoms. The van der Waals surface area contributed by atoms with Gasteiger partial charge in [-0.15, -0.1) is 16.9 Å². The molecular weight excluding hydrogens is 606 g/mol. The molecule has 1 aliphatic heterocycles. The van der Waals surface area contributed by atoms with E-state index in [2.05, 4.69) is 40.0 Å². The highest BCUT2D eigenvalue weighted by Crippen LogP contribution is 2.44. The van der Waals surface area contributed by atoms with E-state index >= 15 is 0 Å². The standard InChI is InChI=1S/C34H43N5O6S/c1-5-46-31-16-10-11-23(44-31)20-39-19-22(37-38-39)18-35-32(41)29(17-30(40)45-34(2,3)4)36-33(42)43-21-28-26-14-8-6-12-24(26)25-13-7-9-15-27(25)28/h6-9,12-15,19,23,28-29,31H,5,10-11,16-18,20-21H2,1-4H3,(H,35,41)(H,36,42)/t23?,29-,31-/m0/s1. The summed E-state index contributed by atoms with van der Waals surface area (Å²) >= 11 is 1.81. The molecule has 1 fully saturated rings. The van der Waals surface area contributed by atoms with Crippen LogP contribution in [-0.4, -0.2) is 68.5 Å². The molecule has 3 aromatic rings. The smallest absolute Gasteiger partial charge is 0.407 e. The van der Waals surface area contributed by atoms with Crippen LogP contribution in [0, 0.1) is 0 Å². The quantitative estimate of drug-likeness (QED) is 0.255. The zero-order valence-electron chi connectivity index (χ0n) is 26.9. The SMILES string of the molecule is CCS[C@H]1CCCC(Cn2cc(CNC(=O)[C@H](CC(=O)OC(C)(C)C)NC(=O)OCC3c4ccccc4-c4ccccc43)nn2)O1. The maximum absolute atomic E-state index is 13.3. The Bertz CT molecular complexity index is 1470. The number of nitrogens with zero attached hydrogens (tertiary/aromatic N) is 3. The molecule has 1 saturated heterocycles. The average Bonchev–Trinajstić information content (AvgIpc) is 3.59. The Kier molecular flexibility index (Phi) is 11.0. The number of amides is 2. The van der Waals surface area contributed by atoms with Crippen LogP contribution in [0.2, 0.25) is 0 Å². The van der Waals surface area contributed by atoms with Crippen molar-refractivity contribution >= 4 is 29.7 Å². The van der Waals surface area contributed by atoms with Gasteiger partial charge in [-0.2, -0.15) is 0 Å². The summed E-state index contributed by atoms with van der Waals surface area (Å²) in [6, 6.07) is 14.8. The minimum atomic E-state index is -1.22. The van der Waals surface area contributed by atoms with Crippen molar-refractivity contribution in [2.24, 2.45) is 0 Å². The van der Waals surface area contributed by atoms with E-state index in [1.807, 2.05) is 48.2 Å². The first-order chi connectivity index (χ1) is 22.1. The summed E-state index contributed by atoms with van der Waals surface area (Å²) in [7, 11) is 0. The van der Waals surface area contributed by atoms with Crippen molar-refractivity contribution in [3.05, 3.63) is 71.5 Å². The van der Waals surface area contributed by atoms with E-state index in [-0.39, 0.29) is 37.0 Å². The van der Waals surface area contributed by atoms with Crippen LogP contribution in [0.15, 0.2) is 54.7 Å². The Hall–Kier alpha value is -3.90. The zero-order valence-corrected chi connectivity index (χ0v) is 27.7. The summed E-state index contributed by atoms with van der Waals surface area (Å²) in [6.07, 6.45) is 3.77. The number of rotatable bonds is 12. The third-order valence-corrected chi connectivity index (χ3v) is 8.88. The fraction of sp³-hybridized carbons (Fsp3) is 0.500. The van der Waals surface area contributed by atoms with Gasteiger partial charge in [0.1, 0.15) is 29.4 Å². The van der Waals surface area contributed by atoms with Gasteiger partial charge in [0.05, 0.1) is 31.8 Å². The summed E-state index contributed by atoms with van der Waals surface area (Å²) < 4.78 is 19.0. The van der Waals surface area contributed by atoms with Crippen molar-refractivity contribution in [1.82, 2.24) is 25.6 Å². The molecule has 0 bridgehead atoms. The number of ether oxygens (including phenoxy) is 3. The van der Waals surface area contributed by atoms with Crippen LogP contribution in [0.3, 0.4) is 0 Å². The van der Waals surface area contributed by atoms with Gasteiger partial charge in [0.15, 0.2) is 0 Å². The molecule has 11 nitrogen and oxygen atoms in total. The molecule has 1 aromatic heterocycles.